The van der Waals surface area contributed by atoms with Crippen LogP contribution in [0.3, 0.4) is 0 Å². The van der Waals surface area contributed by atoms with Crippen molar-refractivity contribution in [1.82, 2.24) is 0 Å². The number of benzene rings is 2. The van der Waals surface area contributed by atoms with Crippen LogP contribution in [0.1, 0.15) is 13.8 Å². The molecule has 0 saturated carbocycles. The second kappa shape index (κ2) is 8.09. The standard InChI is InChI=1S/C20H17F3O4/c1-10(2)19(24)26-15-7-5-12(9-14(15)21)13-6-8-16(18(23)17(13)22)27-20(25)11(3)4/h5-9,20,25H,1,3H2,2,4H3. The third kappa shape index (κ3) is 4.57. The van der Waals surface area contributed by atoms with Gasteiger partial charge in [0.15, 0.2) is 23.1 Å². The molecule has 0 heterocycles. The normalized spacial score (nSPS) is 11.6. The maximum absolute atomic E-state index is 14.4. The highest BCUT2D eigenvalue weighted by Crippen LogP contribution is 2.32. The van der Waals surface area contributed by atoms with Crippen LogP contribution >= 0.6 is 0 Å². The maximum atomic E-state index is 14.4. The second-order valence-corrected chi connectivity index (χ2v) is 5.87. The zero-order chi connectivity index (χ0) is 20.3. The van der Waals surface area contributed by atoms with Gasteiger partial charge in [-0.25, -0.2) is 13.6 Å². The highest BCUT2D eigenvalue weighted by Gasteiger charge is 2.19. The van der Waals surface area contributed by atoms with Gasteiger partial charge in [0.05, 0.1) is 0 Å². The number of aliphatic hydroxyl groups is 1. The average Bonchev–Trinajstić information content (AvgIpc) is 2.60. The van der Waals surface area contributed by atoms with Gasteiger partial charge in [-0.15, -0.1) is 0 Å². The summed E-state index contributed by atoms with van der Waals surface area (Å²) in [5.41, 5.74) is 0.0762. The van der Waals surface area contributed by atoms with Crippen LogP contribution in [-0.2, 0) is 4.79 Å². The molecule has 0 aliphatic heterocycles. The number of carbonyl (C=O) groups is 1. The summed E-state index contributed by atoms with van der Waals surface area (Å²) in [7, 11) is 0. The molecule has 2 aromatic rings. The molecule has 142 valence electrons. The summed E-state index contributed by atoms with van der Waals surface area (Å²) < 4.78 is 52.4. The molecule has 7 heteroatoms. The fraction of sp³-hybridized carbons (Fsp3) is 0.150. The van der Waals surface area contributed by atoms with Gasteiger partial charge in [0.25, 0.3) is 0 Å². The van der Waals surface area contributed by atoms with E-state index in [4.69, 9.17) is 9.47 Å². The minimum absolute atomic E-state index is 0.0195. The van der Waals surface area contributed by atoms with Crippen LogP contribution in [0, 0.1) is 17.5 Å². The zero-order valence-corrected chi connectivity index (χ0v) is 14.7. The number of hydrogen-bond acceptors (Lipinski definition) is 4. The lowest BCUT2D eigenvalue weighted by Gasteiger charge is -2.15. The minimum atomic E-state index is -1.50. The first kappa shape index (κ1) is 20.3. The number of halogens is 3. The summed E-state index contributed by atoms with van der Waals surface area (Å²) in [4.78, 5) is 11.5. The Balaban J connectivity index is 2.34. The van der Waals surface area contributed by atoms with Crippen LogP contribution in [0.25, 0.3) is 11.1 Å². The van der Waals surface area contributed by atoms with Crippen LogP contribution in [0.5, 0.6) is 11.5 Å². The highest BCUT2D eigenvalue weighted by atomic mass is 19.2. The van der Waals surface area contributed by atoms with Gasteiger partial charge in [-0.05, 0) is 49.2 Å². The lowest BCUT2D eigenvalue weighted by molar-refractivity contribution is -0.130. The zero-order valence-electron chi connectivity index (χ0n) is 14.7. The van der Waals surface area contributed by atoms with E-state index in [-0.39, 0.29) is 28.0 Å². The Kier molecular flexibility index (Phi) is 6.07. The summed E-state index contributed by atoms with van der Waals surface area (Å²) in [5, 5.41) is 9.55. The summed E-state index contributed by atoms with van der Waals surface area (Å²) in [6, 6.07) is 5.57. The Morgan fingerprint density at radius 2 is 1.67 bits per heavy atom. The number of hydrogen-bond donors (Lipinski definition) is 1. The van der Waals surface area contributed by atoms with E-state index in [0.29, 0.717) is 0 Å². The minimum Gasteiger partial charge on any atom is -0.458 e. The topological polar surface area (TPSA) is 55.8 Å². The molecule has 27 heavy (non-hydrogen) atoms. The van der Waals surface area contributed by atoms with Crippen LogP contribution in [0.2, 0.25) is 0 Å². The molecule has 0 bridgehead atoms. The molecule has 2 aromatic carbocycles. The lowest BCUT2D eigenvalue weighted by atomic mass is 10.0. The van der Waals surface area contributed by atoms with Gasteiger partial charge in [0, 0.05) is 11.1 Å². The van der Waals surface area contributed by atoms with E-state index in [1.807, 2.05) is 0 Å². The first-order chi connectivity index (χ1) is 12.6. The van der Waals surface area contributed by atoms with Gasteiger partial charge < -0.3 is 14.6 Å². The second-order valence-electron chi connectivity index (χ2n) is 5.87. The predicted octanol–water partition coefficient (Wildman–Crippen LogP) is 4.53. The van der Waals surface area contributed by atoms with Gasteiger partial charge >= 0.3 is 5.97 Å². The first-order valence-electron chi connectivity index (χ1n) is 7.77. The molecule has 1 N–H and O–H groups in total. The van der Waals surface area contributed by atoms with Gasteiger partial charge in [0.2, 0.25) is 12.1 Å². The summed E-state index contributed by atoms with van der Waals surface area (Å²) in [6.07, 6.45) is -1.50. The van der Waals surface area contributed by atoms with Crippen LogP contribution in [0.15, 0.2) is 54.6 Å². The molecule has 0 aliphatic rings. The Bertz CT molecular complexity index is 922. The van der Waals surface area contributed by atoms with Crippen molar-refractivity contribution in [3.05, 3.63) is 72.1 Å². The van der Waals surface area contributed by atoms with Crippen molar-refractivity contribution in [3.8, 4) is 22.6 Å². The van der Waals surface area contributed by atoms with E-state index in [1.165, 1.54) is 26.0 Å². The summed E-state index contributed by atoms with van der Waals surface area (Å²) in [6.45, 7) is 9.69. The summed E-state index contributed by atoms with van der Waals surface area (Å²) >= 11 is 0. The Labute approximate surface area is 154 Å². The lowest BCUT2D eigenvalue weighted by Crippen LogP contribution is -2.17. The molecule has 0 amide bonds. The Morgan fingerprint density at radius 3 is 2.22 bits per heavy atom. The van der Waals surface area contributed by atoms with E-state index < -0.39 is 35.5 Å². The van der Waals surface area contributed by atoms with Crippen molar-refractivity contribution < 1.29 is 32.5 Å². The van der Waals surface area contributed by atoms with E-state index in [2.05, 4.69) is 13.2 Å². The fourth-order valence-electron chi connectivity index (χ4n) is 2.00. The van der Waals surface area contributed by atoms with E-state index in [1.54, 1.807) is 0 Å². The van der Waals surface area contributed by atoms with Gasteiger partial charge in [-0.1, -0.05) is 19.2 Å². The smallest absolute Gasteiger partial charge is 0.338 e. The van der Waals surface area contributed by atoms with Gasteiger partial charge in [-0.3, -0.25) is 0 Å². The van der Waals surface area contributed by atoms with Crippen molar-refractivity contribution >= 4 is 5.97 Å². The van der Waals surface area contributed by atoms with E-state index in [0.717, 1.165) is 18.2 Å². The molecule has 0 radical (unpaired) electrons. The van der Waals surface area contributed by atoms with E-state index in [9.17, 15) is 23.1 Å². The molecule has 1 unspecified atom stereocenters. The van der Waals surface area contributed by atoms with Crippen molar-refractivity contribution in [2.24, 2.45) is 0 Å². The van der Waals surface area contributed by atoms with Crippen molar-refractivity contribution in [2.45, 2.75) is 20.1 Å². The third-order valence-electron chi connectivity index (χ3n) is 3.50. The van der Waals surface area contributed by atoms with Crippen molar-refractivity contribution in [3.63, 3.8) is 0 Å². The van der Waals surface area contributed by atoms with Crippen LogP contribution in [-0.4, -0.2) is 17.4 Å². The maximum Gasteiger partial charge on any atom is 0.338 e. The Morgan fingerprint density at radius 1 is 1.04 bits per heavy atom. The van der Waals surface area contributed by atoms with Crippen molar-refractivity contribution in [1.29, 1.82) is 0 Å². The number of rotatable bonds is 6. The average molecular weight is 378 g/mol. The largest absolute Gasteiger partial charge is 0.458 e. The highest BCUT2D eigenvalue weighted by molar-refractivity contribution is 5.88. The van der Waals surface area contributed by atoms with Gasteiger partial charge in [0.1, 0.15) is 0 Å². The fourth-order valence-corrected chi connectivity index (χ4v) is 2.00. The number of aliphatic hydroxyl groups excluding tert-OH is 1. The first-order valence-corrected chi connectivity index (χ1v) is 7.77. The molecular weight excluding hydrogens is 361 g/mol. The molecule has 0 saturated heterocycles. The molecule has 0 fully saturated rings. The quantitative estimate of drug-likeness (QED) is 0.264. The Hall–Kier alpha value is -3.06. The van der Waals surface area contributed by atoms with E-state index >= 15 is 0 Å². The summed E-state index contributed by atoms with van der Waals surface area (Å²) in [5.74, 6) is -5.24. The molecule has 0 aromatic heterocycles. The van der Waals surface area contributed by atoms with Crippen LogP contribution < -0.4 is 9.47 Å². The molecule has 4 nitrogen and oxygen atoms in total. The van der Waals surface area contributed by atoms with Crippen LogP contribution in [0.4, 0.5) is 13.2 Å². The number of ether oxygens (including phenoxy) is 2. The number of esters is 1. The predicted molar refractivity (Wildman–Crippen MR) is 93.6 cm³/mol. The molecule has 1 atom stereocenters. The monoisotopic (exact) mass is 378 g/mol. The van der Waals surface area contributed by atoms with Crippen molar-refractivity contribution in [2.75, 3.05) is 0 Å². The third-order valence-corrected chi connectivity index (χ3v) is 3.50. The molecule has 2 rings (SSSR count). The van der Waals surface area contributed by atoms with Gasteiger partial charge in [-0.2, -0.15) is 4.39 Å². The molecular formula is C20H17F3O4. The SMILES string of the molecule is C=C(C)C(=O)Oc1ccc(-c2ccc(OC(O)C(=C)C)c(F)c2F)cc1F. The molecule has 0 aliphatic carbocycles. The number of carbonyl (C=O) groups excluding carboxylic acids is 1. The molecule has 0 spiro atoms.